The molecule has 1 aliphatic carbocycles. The van der Waals surface area contributed by atoms with Crippen LogP contribution in [0.25, 0.3) is 5.65 Å². The Morgan fingerprint density at radius 3 is 2.50 bits per heavy atom. The van der Waals surface area contributed by atoms with E-state index in [1.54, 1.807) is 32.4 Å². The fourth-order valence-corrected chi connectivity index (χ4v) is 2.86. The van der Waals surface area contributed by atoms with Gasteiger partial charge in [0, 0.05) is 35.9 Å². The van der Waals surface area contributed by atoms with Crippen molar-refractivity contribution in [2.45, 2.75) is 18.8 Å². The van der Waals surface area contributed by atoms with E-state index >= 15 is 0 Å². The van der Waals surface area contributed by atoms with E-state index in [0.29, 0.717) is 34.6 Å². The molecule has 0 unspecified atom stereocenters. The van der Waals surface area contributed by atoms with Gasteiger partial charge in [-0.25, -0.2) is 4.98 Å². The number of aromatic amines is 1. The number of H-pyrrole nitrogens is 1. The second kappa shape index (κ2) is 6.11. The highest BCUT2D eigenvalue weighted by molar-refractivity contribution is 5.73. The van der Waals surface area contributed by atoms with E-state index in [1.165, 1.54) is 10.6 Å². The van der Waals surface area contributed by atoms with Crippen molar-refractivity contribution in [1.82, 2.24) is 14.6 Å². The molecule has 1 fully saturated rings. The van der Waals surface area contributed by atoms with E-state index in [0.717, 1.165) is 18.5 Å². The predicted octanol–water partition coefficient (Wildman–Crippen LogP) is 2.53. The average molecular weight is 351 g/mol. The summed E-state index contributed by atoms with van der Waals surface area (Å²) in [5.41, 5.74) is 1.79. The largest absolute Gasteiger partial charge is 0.497 e. The molecule has 0 atom stereocenters. The van der Waals surface area contributed by atoms with Gasteiger partial charge in [0.1, 0.15) is 28.9 Å². The highest BCUT2D eigenvalue weighted by atomic mass is 16.5. The molecule has 0 amide bonds. The van der Waals surface area contributed by atoms with Crippen LogP contribution in [0.5, 0.6) is 11.5 Å². The van der Waals surface area contributed by atoms with Crippen LogP contribution >= 0.6 is 0 Å². The Labute approximate surface area is 149 Å². The summed E-state index contributed by atoms with van der Waals surface area (Å²) in [5.74, 6) is 1.93. The number of benzene rings is 1. The van der Waals surface area contributed by atoms with Gasteiger partial charge in [0.05, 0.1) is 19.9 Å². The first-order valence-corrected chi connectivity index (χ1v) is 8.19. The van der Waals surface area contributed by atoms with Crippen molar-refractivity contribution in [3.05, 3.63) is 45.9 Å². The number of nitrogens with one attached hydrogen (secondary N) is 2. The molecule has 132 valence electrons. The van der Waals surface area contributed by atoms with Crippen LogP contribution in [0.1, 0.15) is 30.0 Å². The maximum absolute atomic E-state index is 12.4. The van der Waals surface area contributed by atoms with Crippen LogP contribution in [0.3, 0.4) is 0 Å². The van der Waals surface area contributed by atoms with Crippen molar-refractivity contribution in [3.8, 4) is 17.6 Å². The Morgan fingerprint density at radius 2 is 1.92 bits per heavy atom. The lowest BCUT2D eigenvalue weighted by Gasteiger charge is -2.09. The molecule has 1 aliphatic rings. The van der Waals surface area contributed by atoms with Crippen LogP contribution in [0.15, 0.2) is 29.1 Å². The molecule has 0 bridgehead atoms. The van der Waals surface area contributed by atoms with Crippen molar-refractivity contribution in [2.24, 2.45) is 0 Å². The number of hydrogen-bond acceptors (Lipinski definition) is 6. The van der Waals surface area contributed by atoms with Crippen LogP contribution in [-0.4, -0.2) is 28.8 Å². The van der Waals surface area contributed by atoms with Gasteiger partial charge in [-0.1, -0.05) is 0 Å². The van der Waals surface area contributed by atoms with Crippen molar-refractivity contribution in [3.63, 3.8) is 0 Å². The molecular formula is C18H17N5O3. The molecule has 0 aliphatic heterocycles. The van der Waals surface area contributed by atoms with Gasteiger partial charge in [-0.05, 0) is 12.8 Å². The highest BCUT2D eigenvalue weighted by Crippen LogP contribution is 2.39. The summed E-state index contributed by atoms with van der Waals surface area (Å²) in [6, 6.07) is 8.94. The van der Waals surface area contributed by atoms with Gasteiger partial charge in [0.25, 0.3) is 5.56 Å². The molecule has 0 radical (unpaired) electrons. The van der Waals surface area contributed by atoms with E-state index in [-0.39, 0.29) is 11.1 Å². The van der Waals surface area contributed by atoms with E-state index in [1.807, 2.05) is 0 Å². The van der Waals surface area contributed by atoms with Crippen LogP contribution in [0, 0.1) is 11.3 Å². The lowest BCUT2D eigenvalue weighted by Crippen LogP contribution is -2.15. The minimum Gasteiger partial charge on any atom is -0.497 e. The fourth-order valence-electron chi connectivity index (χ4n) is 2.86. The molecule has 2 heterocycles. The Kier molecular flexibility index (Phi) is 3.77. The van der Waals surface area contributed by atoms with Crippen LogP contribution in [0.2, 0.25) is 0 Å². The molecule has 0 saturated heterocycles. The van der Waals surface area contributed by atoms with Crippen molar-refractivity contribution < 1.29 is 9.47 Å². The second-order valence-electron chi connectivity index (χ2n) is 6.15. The van der Waals surface area contributed by atoms with Crippen LogP contribution in [0.4, 0.5) is 11.5 Å². The van der Waals surface area contributed by atoms with E-state index in [9.17, 15) is 10.1 Å². The standard InChI is InChI=1S/C18H17N5O3/c1-25-12-5-11(6-13(7-12)26-2)20-17-14(9-19)18-21-15(10-3-4-10)8-16(24)23(18)22-17/h5-8,10,20,22H,3-4H2,1-2H3. The molecule has 8 nitrogen and oxygen atoms in total. The molecule has 8 heteroatoms. The van der Waals surface area contributed by atoms with Crippen molar-refractivity contribution in [1.29, 1.82) is 5.26 Å². The zero-order valence-corrected chi connectivity index (χ0v) is 14.4. The number of nitrogens with zero attached hydrogens (tertiary/aromatic N) is 3. The maximum Gasteiger partial charge on any atom is 0.273 e. The number of hydrogen-bond donors (Lipinski definition) is 2. The first-order valence-electron chi connectivity index (χ1n) is 8.19. The van der Waals surface area contributed by atoms with Crippen LogP contribution < -0.4 is 20.3 Å². The summed E-state index contributed by atoms with van der Waals surface area (Å²) in [6.45, 7) is 0. The lowest BCUT2D eigenvalue weighted by molar-refractivity contribution is 0.395. The average Bonchev–Trinajstić information content (AvgIpc) is 3.44. The predicted molar refractivity (Wildman–Crippen MR) is 95.3 cm³/mol. The number of rotatable bonds is 5. The lowest BCUT2D eigenvalue weighted by atomic mass is 10.2. The first-order chi connectivity index (χ1) is 12.6. The number of nitriles is 1. The quantitative estimate of drug-likeness (QED) is 0.732. The van der Waals surface area contributed by atoms with Gasteiger partial charge >= 0.3 is 0 Å². The molecular weight excluding hydrogens is 334 g/mol. The molecule has 4 rings (SSSR count). The Hall–Kier alpha value is -3.47. The van der Waals surface area contributed by atoms with E-state index in [4.69, 9.17) is 9.47 Å². The second-order valence-corrected chi connectivity index (χ2v) is 6.15. The molecule has 2 aromatic heterocycles. The third-order valence-corrected chi connectivity index (χ3v) is 4.36. The van der Waals surface area contributed by atoms with Gasteiger partial charge in [0.15, 0.2) is 5.65 Å². The monoisotopic (exact) mass is 351 g/mol. The molecule has 26 heavy (non-hydrogen) atoms. The first kappa shape index (κ1) is 16.0. The Morgan fingerprint density at radius 1 is 1.23 bits per heavy atom. The minimum absolute atomic E-state index is 0.232. The number of methoxy groups -OCH3 is 2. The Bertz CT molecular complexity index is 1070. The van der Waals surface area contributed by atoms with Gasteiger partial charge in [-0.3, -0.25) is 9.89 Å². The fraction of sp³-hybridized carbons (Fsp3) is 0.278. The molecule has 3 aromatic rings. The zero-order valence-electron chi connectivity index (χ0n) is 14.4. The van der Waals surface area contributed by atoms with Gasteiger partial charge < -0.3 is 14.8 Å². The highest BCUT2D eigenvalue weighted by Gasteiger charge is 2.27. The van der Waals surface area contributed by atoms with Gasteiger partial charge in [-0.2, -0.15) is 9.78 Å². The summed E-state index contributed by atoms with van der Waals surface area (Å²) in [6.07, 6.45) is 2.06. The number of ether oxygens (including phenoxy) is 2. The number of aromatic nitrogens is 3. The van der Waals surface area contributed by atoms with Crippen molar-refractivity contribution >= 4 is 17.2 Å². The molecule has 0 spiro atoms. The SMILES string of the molecule is COc1cc(Nc2[nH]n3c(=O)cc(C4CC4)nc3c2C#N)cc(OC)c1. The summed E-state index contributed by atoms with van der Waals surface area (Å²) in [7, 11) is 3.12. The number of anilines is 2. The summed E-state index contributed by atoms with van der Waals surface area (Å²) in [5, 5.41) is 15.6. The molecule has 1 aromatic carbocycles. The third kappa shape index (κ3) is 2.73. The molecule has 2 N–H and O–H groups in total. The smallest absolute Gasteiger partial charge is 0.273 e. The zero-order chi connectivity index (χ0) is 18.3. The van der Waals surface area contributed by atoms with E-state index < -0.39 is 0 Å². The minimum atomic E-state index is -0.232. The maximum atomic E-state index is 12.4. The van der Waals surface area contributed by atoms with Gasteiger partial charge in [-0.15, -0.1) is 0 Å². The van der Waals surface area contributed by atoms with E-state index in [2.05, 4.69) is 21.5 Å². The summed E-state index contributed by atoms with van der Waals surface area (Å²) in [4.78, 5) is 16.9. The summed E-state index contributed by atoms with van der Waals surface area (Å²) >= 11 is 0. The summed E-state index contributed by atoms with van der Waals surface area (Å²) < 4.78 is 11.8. The topological polar surface area (TPSA) is 104 Å². The number of fused-ring (bicyclic) bond motifs is 1. The third-order valence-electron chi connectivity index (χ3n) is 4.36. The Balaban J connectivity index is 1.81. The molecule has 1 saturated carbocycles. The normalized spacial score (nSPS) is 13.4. The van der Waals surface area contributed by atoms with Crippen LogP contribution in [-0.2, 0) is 0 Å². The van der Waals surface area contributed by atoms with Gasteiger partial charge in [0.2, 0.25) is 0 Å². The van der Waals surface area contributed by atoms with Crippen molar-refractivity contribution in [2.75, 3.05) is 19.5 Å².